The van der Waals surface area contributed by atoms with E-state index in [1.54, 1.807) is 24.3 Å². The number of hydrogen-bond donors (Lipinski definition) is 1. The van der Waals surface area contributed by atoms with E-state index in [-0.39, 0.29) is 5.91 Å². The van der Waals surface area contributed by atoms with Gasteiger partial charge in [0.25, 0.3) is 5.91 Å². The van der Waals surface area contributed by atoms with E-state index < -0.39 is 0 Å². The van der Waals surface area contributed by atoms with E-state index in [4.69, 9.17) is 5.53 Å². The monoisotopic (exact) mass is 319 g/mol. The third-order valence-corrected chi connectivity index (χ3v) is 3.93. The number of aryl methyl sites for hydroxylation is 1. The molecular formula is C18H17N5O. The van der Waals surface area contributed by atoms with Gasteiger partial charge in [0.1, 0.15) is 0 Å². The molecule has 0 radical (unpaired) electrons. The van der Waals surface area contributed by atoms with Gasteiger partial charge in [-0.1, -0.05) is 35.4 Å². The standard InChI is InChI=1S/C18H17N5O/c1-13-12-15-4-2-3-5-17(15)23(13)11-10-20-18(24)14-6-8-16(9-7-14)21-22-19/h2-9,12H,10-11H2,1H3,(H,20,24). The second kappa shape index (κ2) is 6.89. The van der Waals surface area contributed by atoms with Crippen LogP contribution in [0.4, 0.5) is 5.69 Å². The SMILES string of the molecule is Cc1cc2ccccc2n1CCNC(=O)c1ccc(N=[N+]=[N-])cc1. The fourth-order valence-corrected chi connectivity index (χ4v) is 2.76. The second-order valence-corrected chi connectivity index (χ2v) is 5.49. The molecule has 0 bridgehead atoms. The lowest BCUT2D eigenvalue weighted by Crippen LogP contribution is -2.27. The summed E-state index contributed by atoms with van der Waals surface area (Å²) >= 11 is 0. The number of nitrogens with zero attached hydrogens (tertiary/aromatic N) is 4. The number of amides is 1. The molecule has 3 aromatic rings. The Balaban J connectivity index is 1.64. The maximum atomic E-state index is 12.2. The summed E-state index contributed by atoms with van der Waals surface area (Å²) in [4.78, 5) is 14.9. The first-order valence-electron chi connectivity index (χ1n) is 7.67. The summed E-state index contributed by atoms with van der Waals surface area (Å²) < 4.78 is 2.19. The molecule has 3 rings (SSSR count). The molecule has 0 aliphatic carbocycles. The molecule has 1 N–H and O–H groups in total. The molecule has 0 unspecified atom stereocenters. The van der Waals surface area contributed by atoms with Gasteiger partial charge in [0, 0.05) is 40.5 Å². The van der Waals surface area contributed by atoms with E-state index in [9.17, 15) is 4.79 Å². The minimum absolute atomic E-state index is 0.142. The Labute approximate surface area is 139 Å². The number of para-hydroxylation sites is 1. The van der Waals surface area contributed by atoms with E-state index >= 15 is 0 Å². The summed E-state index contributed by atoms with van der Waals surface area (Å²) in [6, 6.07) is 16.9. The van der Waals surface area contributed by atoms with Crippen LogP contribution in [-0.4, -0.2) is 17.0 Å². The summed E-state index contributed by atoms with van der Waals surface area (Å²) in [5.74, 6) is -0.142. The number of carbonyl (C=O) groups is 1. The van der Waals surface area contributed by atoms with Gasteiger partial charge >= 0.3 is 0 Å². The number of nitrogens with one attached hydrogen (secondary N) is 1. The van der Waals surface area contributed by atoms with Gasteiger partial charge in [-0.25, -0.2) is 0 Å². The van der Waals surface area contributed by atoms with Crippen LogP contribution in [0.3, 0.4) is 0 Å². The highest BCUT2D eigenvalue weighted by molar-refractivity contribution is 5.94. The molecule has 0 saturated carbocycles. The second-order valence-electron chi connectivity index (χ2n) is 5.49. The summed E-state index contributed by atoms with van der Waals surface area (Å²) in [6.45, 7) is 3.31. The summed E-state index contributed by atoms with van der Waals surface area (Å²) in [5, 5.41) is 7.61. The smallest absolute Gasteiger partial charge is 0.251 e. The third kappa shape index (κ3) is 3.24. The normalized spacial score (nSPS) is 10.4. The lowest BCUT2D eigenvalue weighted by atomic mass is 10.2. The molecule has 0 fully saturated rings. The molecule has 0 spiro atoms. The van der Waals surface area contributed by atoms with Crippen molar-refractivity contribution in [3.63, 3.8) is 0 Å². The van der Waals surface area contributed by atoms with Gasteiger partial charge in [0.15, 0.2) is 0 Å². The molecule has 1 heterocycles. The molecule has 0 atom stereocenters. The molecule has 6 heteroatoms. The van der Waals surface area contributed by atoms with E-state index in [0.29, 0.717) is 24.3 Å². The molecule has 2 aromatic carbocycles. The molecule has 24 heavy (non-hydrogen) atoms. The van der Waals surface area contributed by atoms with E-state index in [2.05, 4.69) is 45.0 Å². The minimum atomic E-state index is -0.142. The van der Waals surface area contributed by atoms with Gasteiger partial charge in [-0.3, -0.25) is 4.79 Å². The van der Waals surface area contributed by atoms with Crippen molar-refractivity contribution in [2.24, 2.45) is 5.11 Å². The largest absolute Gasteiger partial charge is 0.350 e. The fraction of sp³-hybridized carbons (Fsp3) is 0.167. The van der Waals surface area contributed by atoms with E-state index in [0.717, 1.165) is 0 Å². The van der Waals surface area contributed by atoms with Crippen molar-refractivity contribution in [3.05, 3.63) is 76.3 Å². The quantitative estimate of drug-likeness (QED) is 0.424. The van der Waals surface area contributed by atoms with Crippen molar-refractivity contribution in [3.8, 4) is 0 Å². The van der Waals surface area contributed by atoms with Crippen molar-refractivity contribution in [1.82, 2.24) is 9.88 Å². The van der Waals surface area contributed by atoms with Crippen LogP contribution < -0.4 is 5.32 Å². The molecular weight excluding hydrogens is 302 g/mol. The number of fused-ring (bicyclic) bond motifs is 1. The molecule has 0 saturated heterocycles. The van der Waals surface area contributed by atoms with Crippen molar-refractivity contribution in [1.29, 1.82) is 0 Å². The number of hydrogen-bond acceptors (Lipinski definition) is 2. The first-order chi connectivity index (χ1) is 11.7. The maximum Gasteiger partial charge on any atom is 0.251 e. The summed E-state index contributed by atoms with van der Waals surface area (Å²) in [7, 11) is 0. The van der Waals surface area contributed by atoms with Crippen molar-refractivity contribution < 1.29 is 4.79 Å². The molecule has 0 aliphatic heterocycles. The van der Waals surface area contributed by atoms with Crippen LogP contribution >= 0.6 is 0 Å². The third-order valence-electron chi connectivity index (χ3n) is 3.93. The fourth-order valence-electron chi connectivity index (χ4n) is 2.76. The van der Waals surface area contributed by atoms with Crippen LogP contribution in [-0.2, 0) is 6.54 Å². The highest BCUT2D eigenvalue weighted by Gasteiger charge is 2.07. The first-order valence-corrected chi connectivity index (χ1v) is 7.67. The Morgan fingerprint density at radius 1 is 1.21 bits per heavy atom. The first kappa shape index (κ1) is 15.6. The summed E-state index contributed by atoms with van der Waals surface area (Å²) in [6.07, 6.45) is 0. The average Bonchev–Trinajstić information content (AvgIpc) is 2.91. The molecule has 6 nitrogen and oxygen atoms in total. The van der Waals surface area contributed by atoms with Gasteiger partial charge in [-0.2, -0.15) is 0 Å². The molecule has 0 aliphatic rings. The van der Waals surface area contributed by atoms with E-state index in [1.165, 1.54) is 16.6 Å². The number of carbonyl (C=O) groups excluding carboxylic acids is 1. The lowest BCUT2D eigenvalue weighted by Gasteiger charge is -2.10. The van der Waals surface area contributed by atoms with Crippen molar-refractivity contribution in [2.45, 2.75) is 13.5 Å². The number of benzene rings is 2. The van der Waals surface area contributed by atoms with Crippen LogP contribution in [0, 0.1) is 6.92 Å². The van der Waals surface area contributed by atoms with Crippen LogP contribution in [0.15, 0.2) is 59.7 Å². The minimum Gasteiger partial charge on any atom is -0.350 e. The topological polar surface area (TPSA) is 82.8 Å². The van der Waals surface area contributed by atoms with Gasteiger partial charge in [0.05, 0.1) is 0 Å². The number of rotatable bonds is 5. The zero-order valence-corrected chi connectivity index (χ0v) is 13.3. The predicted octanol–water partition coefficient (Wildman–Crippen LogP) is 4.32. The Hall–Kier alpha value is -3.24. The zero-order valence-electron chi connectivity index (χ0n) is 13.3. The number of aromatic nitrogens is 1. The number of azide groups is 1. The Morgan fingerprint density at radius 2 is 1.96 bits per heavy atom. The van der Waals surface area contributed by atoms with Gasteiger partial charge in [-0.05, 0) is 42.1 Å². The zero-order chi connectivity index (χ0) is 16.9. The van der Waals surface area contributed by atoms with Gasteiger partial charge < -0.3 is 9.88 Å². The highest BCUT2D eigenvalue weighted by atomic mass is 16.1. The Kier molecular flexibility index (Phi) is 4.50. The molecule has 120 valence electrons. The molecule has 1 amide bonds. The Bertz CT molecular complexity index is 920. The van der Waals surface area contributed by atoms with E-state index in [1.807, 2.05) is 12.1 Å². The van der Waals surface area contributed by atoms with Gasteiger partial charge in [0.2, 0.25) is 0 Å². The predicted molar refractivity (Wildman–Crippen MR) is 94.3 cm³/mol. The van der Waals surface area contributed by atoms with Crippen LogP contribution in [0.25, 0.3) is 21.3 Å². The van der Waals surface area contributed by atoms with Crippen LogP contribution in [0.5, 0.6) is 0 Å². The van der Waals surface area contributed by atoms with Gasteiger partial charge in [-0.15, -0.1) is 0 Å². The highest BCUT2D eigenvalue weighted by Crippen LogP contribution is 2.18. The molecule has 1 aromatic heterocycles. The average molecular weight is 319 g/mol. The van der Waals surface area contributed by atoms with Crippen LogP contribution in [0.2, 0.25) is 0 Å². The lowest BCUT2D eigenvalue weighted by molar-refractivity contribution is 0.0952. The van der Waals surface area contributed by atoms with Crippen molar-refractivity contribution in [2.75, 3.05) is 6.54 Å². The van der Waals surface area contributed by atoms with Crippen LogP contribution in [0.1, 0.15) is 16.1 Å². The van der Waals surface area contributed by atoms with Crippen molar-refractivity contribution >= 4 is 22.5 Å². The summed E-state index contributed by atoms with van der Waals surface area (Å²) in [5.41, 5.74) is 11.8. The maximum absolute atomic E-state index is 12.2. The Morgan fingerprint density at radius 3 is 2.71 bits per heavy atom.